The van der Waals surface area contributed by atoms with E-state index >= 15 is 0 Å². The highest BCUT2D eigenvalue weighted by Crippen LogP contribution is 2.17. The Bertz CT molecular complexity index is 659. The SMILES string of the molecule is C=CC(=O)N1CCN(c2cn3ccccc3n2)C(=O)C1.CC. The Morgan fingerprint density at radius 1 is 1.32 bits per heavy atom. The van der Waals surface area contributed by atoms with Gasteiger partial charge in [-0.3, -0.25) is 14.5 Å². The van der Waals surface area contributed by atoms with Crippen LogP contribution in [0.15, 0.2) is 43.2 Å². The first-order chi connectivity index (χ1) is 10.7. The topological polar surface area (TPSA) is 57.9 Å². The van der Waals surface area contributed by atoms with Gasteiger partial charge in [0.1, 0.15) is 12.2 Å². The summed E-state index contributed by atoms with van der Waals surface area (Å²) in [6, 6.07) is 5.68. The van der Waals surface area contributed by atoms with Crippen LogP contribution in [0, 0.1) is 0 Å². The molecular weight excluding hydrogens is 280 g/mol. The minimum absolute atomic E-state index is 0.0682. The van der Waals surface area contributed by atoms with Gasteiger partial charge in [-0.05, 0) is 18.2 Å². The van der Waals surface area contributed by atoms with Crippen molar-refractivity contribution >= 4 is 23.3 Å². The van der Waals surface area contributed by atoms with Crippen LogP contribution in [0.4, 0.5) is 5.82 Å². The van der Waals surface area contributed by atoms with E-state index in [9.17, 15) is 9.59 Å². The lowest BCUT2D eigenvalue weighted by Gasteiger charge is -2.32. The molecule has 3 heterocycles. The Labute approximate surface area is 129 Å². The molecule has 22 heavy (non-hydrogen) atoms. The molecule has 1 saturated heterocycles. The van der Waals surface area contributed by atoms with Gasteiger partial charge in [-0.2, -0.15) is 0 Å². The Morgan fingerprint density at radius 3 is 2.73 bits per heavy atom. The normalized spacial score (nSPS) is 14.5. The molecule has 0 N–H and O–H groups in total. The van der Waals surface area contributed by atoms with E-state index in [-0.39, 0.29) is 18.4 Å². The van der Waals surface area contributed by atoms with Gasteiger partial charge >= 0.3 is 0 Å². The lowest BCUT2D eigenvalue weighted by Crippen LogP contribution is -2.52. The molecule has 0 unspecified atom stereocenters. The van der Waals surface area contributed by atoms with Crippen molar-refractivity contribution in [3.8, 4) is 0 Å². The number of imidazole rings is 1. The van der Waals surface area contributed by atoms with E-state index in [2.05, 4.69) is 11.6 Å². The number of hydrogen-bond donors (Lipinski definition) is 0. The van der Waals surface area contributed by atoms with Crippen molar-refractivity contribution < 1.29 is 9.59 Å². The van der Waals surface area contributed by atoms with Crippen molar-refractivity contribution in [2.45, 2.75) is 13.8 Å². The van der Waals surface area contributed by atoms with Crippen LogP contribution in [-0.4, -0.2) is 45.7 Å². The second-order valence-electron chi connectivity index (χ2n) is 4.57. The number of hydrogen-bond acceptors (Lipinski definition) is 3. The molecule has 2 amide bonds. The minimum atomic E-state index is -0.215. The summed E-state index contributed by atoms with van der Waals surface area (Å²) in [5.74, 6) is 0.273. The highest BCUT2D eigenvalue weighted by atomic mass is 16.2. The number of piperazine rings is 1. The van der Waals surface area contributed by atoms with E-state index in [0.717, 1.165) is 5.65 Å². The van der Waals surface area contributed by atoms with E-state index < -0.39 is 0 Å². The van der Waals surface area contributed by atoms with Crippen LogP contribution in [0.2, 0.25) is 0 Å². The predicted molar refractivity (Wildman–Crippen MR) is 85.7 cm³/mol. The third-order valence-electron chi connectivity index (χ3n) is 3.33. The summed E-state index contributed by atoms with van der Waals surface area (Å²) in [6.45, 7) is 8.44. The van der Waals surface area contributed by atoms with Crippen molar-refractivity contribution in [1.82, 2.24) is 14.3 Å². The second kappa shape index (κ2) is 6.89. The Balaban J connectivity index is 0.000000847. The van der Waals surface area contributed by atoms with Crippen LogP contribution in [0.3, 0.4) is 0 Å². The van der Waals surface area contributed by atoms with E-state index in [1.165, 1.54) is 11.0 Å². The van der Waals surface area contributed by atoms with E-state index in [0.29, 0.717) is 18.9 Å². The van der Waals surface area contributed by atoms with Gasteiger partial charge in [-0.25, -0.2) is 4.98 Å². The molecule has 0 aromatic carbocycles. The monoisotopic (exact) mass is 300 g/mol. The van der Waals surface area contributed by atoms with Crippen molar-refractivity contribution in [3.05, 3.63) is 43.2 Å². The molecule has 0 atom stereocenters. The zero-order valence-electron chi connectivity index (χ0n) is 12.9. The first kappa shape index (κ1) is 15.8. The van der Waals surface area contributed by atoms with E-state index in [1.807, 2.05) is 48.8 Å². The number of rotatable bonds is 2. The number of pyridine rings is 1. The molecule has 0 radical (unpaired) electrons. The standard InChI is InChI=1S/C14H14N4O2.C2H6/c1-2-13(19)17-7-8-18(14(20)10-17)12-9-16-6-4-3-5-11(16)15-12;1-2/h2-6,9H,1,7-8,10H2;1-2H3. The van der Waals surface area contributed by atoms with Gasteiger partial charge in [0.05, 0.1) is 6.20 Å². The molecule has 6 nitrogen and oxygen atoms in total. The average molecular weight is 300 g/mol. The summed E-state index contributed by atoms with van der Waals surface area (Å²) in [6.07, 6.45) is 4.93. The number of fused-ring (bicyclic) bond motifs is 1. The van der Waals surface area contributed by atoms with Crippen molar-refractivity contribution in [3.63, 3.8) is 0 Å². The molecule has 0 aliphatic carbocycles. The molecule has 0 spiro atoms. The fourth-order valence-electron chi connectivity index (χ4n) is 2.28. The maximum atomic E-state index is 12.2. The molecule has 1 fully saturated rings. The van der Waals surface area contributed by atoms with Gasteiger partial charge in [0.25, 0.3) is 0 Å². The largest absolute Gasteiger partial charge is 0.328 e. The van der Waals surface area contributed by atoms with Crippen LogP contribution < -0.4 is 4.90 Å². The van der Waals surface area contributed by atoms with Crippen LogP contribution in [0.25, 0.3) is 5.65 Å². The lowest BCUT2D eigenvalue weighted by atomic mass is 10.3. The predicted octanol–water partition coefficient (Wildman–Crippen LogP) is 1.72. The maximum absolute atomic E-state index is 12.2. The third-order valence-corrected chi connectivity index (χ3v) is 3.33. The highest BCUT2D eigenvalue weighted by Gasteiger charge is 2.28. The summed E-state index contributed by atoms with van der Waals surface area (Å²) in [4.78, 5) is 31.2. The number of aromatic nitrogens is 2. The zero-order chi connectivity index (χ0) is 16.1. The Morgan fingerprint density at radius 2 is 2.09 bits per heavy atom. The summed E-state index contributed by atoms with van der Waals surface area (Å²) in [5, 5.41) is 0. The fourth-order valence-corrected chi connectivity index (χ4v) is 2.28. The van der Waals surface area contributed by atoms with Crippen molar-refractivity contribution in [2.75, 3.05) is 24.5 Å². The number of carbonyl (C=O) groups is 2. The molecule has 1 aliphatic heterocycles. The van der Waals surface area contributed by atoms with Gasteiger partial charge in [-0.1, -0.05) is 26.5 Å². The minimum Gasteiger partial charge on any atom is -0.328 e. The molecule has 116 valence electrons. The smallest absolute Gasteiger partial charge is 0.247 e. The second-order valence-corrected chi connectivity index (χ2v) is 4.57. The van der Waals surface area contributed by atoms with Crippen LogP contribution in [0.1, 0.15) is 13.8 Å². The average Bonchev–Trinajstić information content (AvgIpc) is 2.99. The molecular formula is C16H20N4O2. The summed E-state index contributed by atoms with van der Waals surface area (Å²) in [7, 11) is 0. The summed E-state index contributed by atoms with van der Waals surface area (Å²) >= 11 is 0. The first-order valence-corrected chi connectivity index (χ1v) is 7.34. The quantitative estimate of drug-likeness (QED) is 0.794. The molecule has 2 aromatic heterocycles. The van der Waals surface area contributed by atoms with Crippen LogP contribution in [-0.2, 0) is 9.59 Å². The highest BCUT2D eigenvalue weighted by molar-refractivity contribution is 5.99. The Kier molecular flexibility index (Phi) is 4.93. The summed E-state index contributed by atoms with van der Waals surface area (Å²) in [5.41, 5.74) is 0.792. The van der Waals surface area contributed by atoms with Crippen molar-refractivity contribution in [2.24, 2.45) is 0 Å². The Hall–Kier alpha value is -2.63. The van der Waals surface area contributed by atoms with E-state index in [1.54, 1.807) is 4.90 Å². The van der Waals surface area contributed by atoms with Gasteiger partial charge in [0.15, 0.2) is 5.82 Å². The molecule has 6 heteroatoms. The number of amides is 2. The van der Waals surface area contributed by atoms with Gasteiger partial charge in [0, 0.05) is 19.3 Å². The van der Waals surface area contributed by atoms with Gasteiger partial charge in [-0.15, -0.1) is 0 Å². The number of anilines is 1. The maximum Gasteiger partial charge on any atom is 0.247 e. The number of carbonyl (C=O) groups excluding carboxylic acids is 2. The van der Waals surface area contributed by atoms with E-state index in [4.69, 9.17) is 0 Å². The van der Waals surface area contributed by atoms with Gasteiger partial charge in [0.2, 0.25) is 11.8 Å². The summed E-state index contributed by atoms with van der Waals surface area (Å²) < 4.78 is 1.86. The van der Waals surface area contributed by atoms with Gasteiger partial charge < -0.3 is 9.30 Å². The van der Waals surface area contributed by atoms with Crippen molar-refractivity contribution in [1.29, 1.82) is 0 Å². The first-order valence-electron chi connectivity index (χ1n) is 7.34. The molecule has 0 bridgehead atoms. The molecule has 1 aliphatic rings. The van der Waals surface area contributed by atoms with Crippen LogP contribution >= 0.6 is 0 Å². The zero-order valence-corrected chi connectivity index (χ0v) is 12.9. The lowest BCUT2D eigenvalue weighted by molar-refractivity contribution is -0.133. The number of nitrogens with zero attached hydrogens (tertiary/aromatic N) is 4. The fraction of sp³-hybridized carbons (Fsp3) is 0.312. The van der Waals surface area contributed by atoms with Crippen LogP contribution in [0.5, 0.6) is 0 Å². The third kappa shape index (κ3) is 3.00. The molecule has 3 rings (SSSR count). The molecule has 2 aromatic rings. The molecule has 0 saturated carbocycles.